The van der Waals surface area contributed by atoms with Crippen LogP contribution in [0.4, 0.5) is 0 Å². The Morgan fingerprint density at radius 3 is 2.76 bits per heavy atom. The lowest BCUT2D eigenvalue weighted by Crippen LogP contribution is -2.38. The predicted molar refractivity (Wildman–Crippen MR) is 112 cm³/mol. The number of rotatable bonds is 5. The number of ether oxygens (including phenoxy) is 1. The third-order valence-electron chi connectivity index (χ3n) is 5.91. The first-order chi connectivity index (χ1) is 14.0. The number of carbonyl (C=O) groups is 1. The lowest BCUT2D eigenvalue weighted by atomic mass is 9.99. The fourth-order valence-electron chi connectivity index (χ4n) is 4.11. The van der Waals surface area contributed by atoms with Crippen molar-refractivity contribution in [3.05, 3.63) is 46.0 Å². The number of carbonyl (C=O) groups excluding carboxylic acids is 1. The molecule has 7 nitrogen and oxygen atoms in total. The molecular formula is C22H28N4O3. The second-order valence-electron chi connectivity index (χ2n) is 8.04. The first kappa shape index (κ1) is 19.6. The maximum absolute atomic E-state index is 13.3. The van der Waals surface area contributed by atoms with Crippen LogP contribution in [0, 0.1) is 12.8 Å². The standard InChI is InChI=1S/C22H28N4O3/c1-15-7-11-24(12-8-15)22(28)18-14-17-20(25(18)10-5-13-29-3)23-19-16(2)6-4-9-26(19)21(17)27/h4,6,9,14-15H,5,7-8,10-13H2,1-3H3. The van der Waals surface area contributed by atoms with Gasteiger partial charge in [-0.2, -0.15) is 0 Å². The number of piperidine rings is 1. The van der Waals surface area contributed by atoms with E-state index in [0.717, 1.165) is 37.9 Å². The van der Waals surface area contributed by atoms with Crippen molar-refractivity contribution in [2.24, 2.45) is 5.92 Å². The first-order valence-corrected chi connectivity index (χ1v) is 10.3. The molecule has 1 aliphatic heterocycles. The number of hydrogen-bond donors (Lipinski definition) is 0. The van der Waals surface area contributed by atoms with Crippen LogP contribution >= 0.6 is 0 Å². The molecule has 1 amide bonds. The van der Waals surface area contributed by atoms with Gasteiger partial charge in [0, 0.05) is 39.5 Å². The second-order valence-corrected chi connectivity index (χ2v) is 8.04. The molecule has 1 fully saturated rings. The molecule has 1 saturated heterocycles. The lowest BCUT2D eigenvalue weighted by Gasteiger charge is -2.30. The van der Waals surface area contributed by atoms with E-state index in [9.17, 15) is 9.59 Å². The fraction of sp³-hybridized carbons (Fsp3) is 0.500. The zero-order valence-corrected chi connectivity index (χ0v) is 17.4. The van der Waals surface area contributed by atoms with Crippen LogP contribution in [0.2, 0.25) is 0 Å². The molecular weight excluding hydrogens is 368 g/mol. The summed E-state index contributed by atoms with van der Waals surface area (Å²) >= 11 is 0. The van der Waals surface area contributed by atoms with Crippen molar-refractivity contribution >= 4 is 22.6 Å². The number of methoxy groups -OCH3 is 1. The SMILES string of the molecule is COCCCn1c(C(=O)N2CCC(C)CC2)cc2c(=O)n3cccc(C)c3nc21. The minimum absolute atomic E-state index is 0.0162. The summed E-state index contributed by atoms with van der Waals surface area (Å²) in [6.45, 7) is 6.84. The van der Waals surface area contributed by atoms with Gasteiger partial charge >= 0.3 is 0 Å². The first-order valence-electron chi connectivity index (χ1n) is 10.3. The number of nitrogens with zero attached hydrogens (tertiary/aromatic N) is 4. The van der Waals surface area contributed by atoms with Gasteiger partial charge in [0.25, 0.3) is 11.5 Å². The summed E-state index contributed by atoms with van der Waals surface area (Å²) in [6, 6.07) is 5.51. The number of fused-ring (bicyclic) bond motifs is 2. The van der Waals surface area contributed by atoms with Crippen LogP contribution in [0.25, 0.3) is 16.7 Å². The summed E-state index contributed by atoms with van der Waals surface area (Å²) < 4.78 is 8.67. The van der Waals surface area contributed by atoms with Gasteiger partial charge in [-0.15, -0.1) is 0 Å². The highest BCUT2D eigenvalue weighted by molar-refractivity contribution is 5.98. The summed E-state index contributed by atoms with van der Waals surface area (Å²) in [7, 11) is 1.66. The van der Waals surface area contributed by atoms with Gasteiger partial charge in [0.2, 0.25) is 0 Å². The summed E-state index contributed by atoms with van der Waals surface area (Å²) in [6.07, 6.45) is 4.50. The van der Waals surface area contributed by atoms with Crippen molar-refractivity contribution in [3.8, 4) is 0 Å². The zero-order chi connectivity index (χ0) is 20.5. The fourth-order valence-corrected chi connectivity index (χ4v) is 4.11. The molecule has 4 rings (SSSR count). The Bertz CT molecular complexity index is 1110. The number of aromatic nitrogens is 3. The molecule has 29 heavy (non-hydrogen) atoms. The van der Waals surface area contributed by atoms with E-state index in [2.05, 4.69) is 6.92 Å². The van der Waals surface area contributed by atoms with E-state index >= 15 is 0 Å². The molecule has 0 aromatic carbocycles. The highest BCUT2D eigenvalue weighted by Gasteiger charge is 2.26. The number of amides is 1. The van der Waals surface area contributed by atoms with Crippen molar-refractivity contribution in [2.75, 3.05) is 26.8 Å². The van der Waals surface area contributed by atoms with E-state index in [-0.39, 0.29) is 11.5 Å². The van der Waals surface area contributed by atoms with Gasteiger partial charge in [-0.25, -0.2) is 4.98 Å². The molecule has 0 bridgehead atoms. The number of likely N-dealkylation sites (tertiary alicyclic amines) is 1. The predicted octanol–water partition coefficient (Wildman–Crippen LogP) is 2.87. The smallest absolute Gasteiger partial charge is 0.270 e. The Kier molecular flexibility index (Phi) is 5.41. The average Bonchev–Trinajstić information content (AvgIpc) is 3.08. The molecule has 154 valence electrons. The maximum Gasteiger partial charge on any atom is 0.270 e. The molecule has 1 aliphatic rings. The molecule has 3 aromatic heterocycles. The van der Waals surface area contributed by atoms with Crippen molar-refractivity contribution in [1.82, 2.24) is 18.9 Å². The third kappa shape index (κ3) is 3.55. The van der Waals surface area contributed by atoms with Crippen LogP contribution in [0.5, 0.6) is 0 Å². The monoisotopic (exact) mass is 396 g/mol. The Labute approximate surface area is 169 Å². The average molecular weight is 396 g/mol. The van der Waals surface area contributed by atoms with E-state index in [0.29, 0.717) is 41.4 Å². The summed E-state index contributed by atoms with van der Waals surface area (Å²) in [5, 5.41) is 0.485. The zero-order valence-electron chi connectivity index (χ0n) is 17.4. The minimum Gasteiger partial charge on any atom is -0.385 e. The second kappa shape index (κ2) is 7.99. The maximum atomic E-state index is 13.3. The van der Waals surface area contributed by atoms with E-state index in [4.69, 9.17) is 9.72 Å². The summed E-state index contributed by atoms with van der Waals surface area (Å²) in [4.78, 5) is 33.2. The lowest BCUT2D eigenvalue weighted by molar-refractivity contribution is 0.0685. The van der Waals surface area contributed by atoms with Gasteiger partial charge < -0.3 is 14.2 Å². The van der Waals surface area contributed by atoms with Crippen LogP contribution in [-0.4, -0.2) is 51.6 Å². The van der Waals surface area contributed by atoms with Crippen LogP contribution in [0.3, 0.4) is 0 Å². The third-order valence-corrected chi connectivity index (χ3v) is 5.91. The van der Waals surface area contributed by atoms with E-state index in [1.165, 1.54) is 0 Å². The van der Waals surface area contributed by atoms with Gasteiger partial charge in [0.15, 0.2) is 0 Å². The molecule has 4 heterocycles. The Balaban J connectivity index is 1.86. The van der Waals surface area contributed by atoms with Gasteiger partial charge in [0.05, 0.1) is 5.39 Å². The molecule has 0 aliphatic carbocycles. The molecule has 0 atom stereocenters. The van der Waals surface area contributed by atoms with Gasteiger partial charge in [-0.1, -0.05) is 13.0 Å². The largest absolute Gasteiger partial charge is 0.385 e. The molecule has 3 aromatic rings. The Hall–Kier alpha value is -2.67. The van der Waals surface area contributed by atoms with Crippen molar-refractivity contribution in [2.45, 2.75) is 39.7 Å². The number of hydrogen-bond acceptors (Lipinski definition) is 4. The summed E-state index contributed by atoms with van der Waals surface area (Å²) in [5.41, 5.74) is 2.54. The molecule has 0 N–H and O–H groups in total. The highest BCUT2D eigenvalue weighted by atomic mass is 16.5. The van der Waals surface area contributed by atoms with Crippen LogP contribution in [0.15, 0.2) is 29.2 Å². The topological polar surface area (TPSA) is 68.8 Å². The number of aryl methyl sites for hydroxylation is 2. The minimum atomic E-state index is -0.138. The molecule has 0 unspecified atom stereocenters. The highest BCUT2D eigenvalue weighted by Crippen LogP contribution is 2.23. The van der Waals surface area contributed by atoms with Crippen LogP contribution < -0.4 is 5.56 Å². The quantitative estimate of drug-likeness (QED) is 0.622. The molecule has 0 saturated carbocycles. The number of pyridine rings is 1. The van der Waals surface area contributed by atoms with Crippen molar-refractivity contribution in [1.29, 1.82) is 0 Å². The van der Waals surface area contributed by atoms with Gasteiger partial charge in [-0.3, -0.25) is 14.0 Å². The van der Waals surface area contributed by atoms with Gasteiger partial charge in [0.1, 0.15) is 17.0 Å². The van der Waals surface area contributed by atoms with E-state index in [1.807, 2.05) is 28.5 Å². The Morgan fingerprint density at radius 1 is 1.28 bits per heavy atom. The molecule has 0 radical (unpaired) electrons. The molecule has 7 heteroatoms. The Morgan fingerprint density at radius 2 is 2.03 bits per heavy atom. The van der Waals surface area contributed by atoms with Crippen LogP contribution in [0.1, 0.15) is 42.2 Å². The van der Waals surface area contributed by atoms with Crippen LogP contribution in [-0.2, 0) is 11.3 Å². The van der Waals surface area contributed by atoms with E-state index < -0.39 is 0 Å². The summed E-state index contributed by atoms with van der Waals surface area (Å²) in [5.74, 6) is 0.628. The van der Waals surface area contributed by atoms with Gasteiger partial charge in [-0.05, 0) is 49.8 Å². The van der Waals surface area contributed by atoms with Crippen molar-refractivity contribution < 1.29 is 9.53 Å². The molecule has 0 spiro atoms. The van der Waals surface area contributed by atoms with Crippen molar-refractivity contribution in [3.63, 3.8) is 0 Å². The van der Waals surface area contributed by atoms with E-state index in [1.54, 1.807) is 23.8 Å². The normalized spacial score (nSPS) is 15.5.